The summed E-state index contributed by atoms with van der Waals surface area (Å²) in [5.74, 6) is 0.764. The molecule has 0 saturated heterocycles. The molecule has 1 heterocycles. The van der Waals surface area contributed by atoms with Gasteiger partial charge in [0.1, 0.15) is 12.4 Å². The van der Waals surface area contributed by atoms with Crippen LogP contribution in [0.1, 0.15) is 22.5 Å². The second kappa shape index (κ2) is 7.38. The van der Waals surface area contributed by atoms with Crippen LogP contribution >= 0.6 is 0 Å². The molecule has 0 radical (unpaired) electrons. The van der Waals surface area contributed by atoms with Crippen LogP contribution in [-0.4, -0.2) is 19.1 Å². The van der Waals surface area contributed by atoms with Gasteiger partial charge in [0, 0.05) is 18.7 Å². The van der Waals surface area contributed by atoms with Crippen molar-refractivity contribution in [3.8, 4) is 0 Å². The van der Waals surface area contributed by atoms with Crippen molar-refractivity contribution < 1.29 is 13.9 Å². The summed E-state index contributed by atoms with van der Waals surface area (Å²) >= 11 is 0. The molecule has 2 rings (SSSR count). The van der Waals surface area contributed by atoms with Gasteiger partial charge in [-0.05, 0) is 30.7 Å². The summed E-state index contributed by atoms with van der Waals surface area (Å²) in [7, 11) is 0. The smallest absolute Gasteiger partial charge is 0.251 e. The lowest BCUT2D eigenvalue weighted by Gasteiger charge is -2.05. The molecule has 1 amide bonds. The lowest BCUT2D eigenvalue weighted by Crippen LogP contribution is -2.25. The molecule has 1 N–H and O–H groups in total. The van der Waals surface area contributed by atoms with Crippen LogP contribution < -0.4 is 5.32 Å². The molecular weight excluding hydrogens is 242 g/mol. The van der Waals surface area contributed by atoms with Crippen LogP contribution in [0, 0.1) is 0 Å². The summed E-state index contributed by atoms with van der Waals surface area (Å²) in [6.07, 6.45) is 2.40. The molecular formula is C15H17NO3. The van der Waals surface area contributed by atoms with Crippen LogP contribution in [-0.2, 0) is 11.3 Å². The van der Waals surface area contributed by atoms with E-state index in [1.165, 1.54) is 0 Å². The molecule has 4 nitrogen and oxygen atoms in total. The third-order valence-corrected chi connectivity index (χ3v) is 2.61. The predicted molar refractivity (Wildman–Crippen MR) is 71.8 cm³/mol. The second-order valence-corrected chi connectivity index (χ2v) is 4.11. The van der Waals surface area contributed by atoms with E-state index in [4.69, 9.17) is 9.15 Å². The number of ether oxygens (including phenoxy) is 1. The highest BCUT2D eigenvalue weighted by molar-refractivity contribution is 5.94. The Hall–Kier alpha value is -2.07. The Kier molecular flexibility index (Phi) is 5.19. The fourth-order valence-corrected chi connectivity index (χ4v) is 1.64. The van der Waals surface area contributed by atoms with E-state index in [-0.39, 0.29) is 5.91 Å². The zero-order valence-corrected chi connectivity index (χ0v) is 10.7. The highest BCUT2D eigenvalue weighted by Crippen LogP contribution is 2.02. The van der Waals surface area contributed by atoms with E-state index >= 15 is 0 Å². The van der Waals surface area contributed by atoms with Crippen molar-refractivity contribution in [3.63, 3.8) is 0 Å². The lowest BCUT2D eigenvalue weighted by molar-refractivity contribution is 0.0917. The van der Waals surface area contributed by atoms with Crippen molar-refractivity contribution in [2.24, 2.45) is 0 Å². The lowest BCUT2D eigenvalue weighted by atomic mass is 10.2. The highest BCUT2D eigenvalue weighted by Gasteiger charge is 2.02. The standard InChI is InChI=1S/C15H17NO3/c17-15(13-6-2-1-3-7-13)16-9-5-10-18-12-14-8-4-11-19-14/h1-4,6-8,11H,5,9-10,12H2,(H,16,17). The Morgan fingerprint density at radius 3 is 2.74 bits per heavy atom. The van der Waals surface area contributed by atoms with Crippen LogP contribution in [0.5, 0.6) is 0 Å². The number of hydrogen-bond acceptors (Lipinski definition) is 3. The summed E-state index contributed by atoms with van der Waals surface area (Å²) in [5.41, 5.74) is 0.680. The molecule has 0 unspecified atom stereocenters. The summed E-state index contributed by atoms with van der Waals surface area (Å²) in [4.78, 5) is 11.7. The van der Waals surface area contributed by atoms with Crippen molar-refractivity contribution in [1.82, 2.24) is 5.32 Å². The first-order chi connectivity index (χ1) is 9.36. The van der Waals surface area contributed by atoms with Crippen molar-refractivity contribution in [1.29, 1.82) is 0 Å². The van der Waals surface area contributed by atoms with E-state index in [0.717, 1.165) is 12.2 Å². The summed E-state index contributed by atoms with van der Waals surface area (Å²) in [5, 5.41) is 2.85. The van der Waals surface area contributed by atoms with E-state index < -0.39 is 0 Å². The van der Waals surface area contributed by atoms with E-state index in [2.05, 4.69) is 5.32 Å². The van der Waals surface area contributed by atoms with Gasteiger partial charge in [0.2, 0.25) is 0 Å². The van der Waals surface area contributed by atoms with E-state index in [1.54, 1.807) is 18.4 Å². The molecule has 4 heteroatoms. The van der Waals surface area contributed by atoms with Crippen LogP contribution in [0.2, 0.25) is 0 Å². The molecule has 0 fully saturated rings. The molecule has 0 aliphatic carbocycles. The van der Waals surface area contributed by atoms with Crippen LogP contribution in [0.25, 0.3) is 0 Å². The Morgan fingerprint density at radius 2 is 2.00 bits per heavy atom. The Labute approximate surface area is 112 Å². The molecule has 1 aromatic heterocycles. The van der Waals surface area contributed by atoms with Gasteiger partial charge in [0.25, 0.3) is 5.91 Å². The summed E-state index contributed by atoms with van der Waals surface area (Å²) < 4.78 is 10.6. The predicted octanol–water partition coefficient (Wildman–Crippen LogP) is 2.62. The molecule has 0 aliphatic heterocycles. The average molecular weight is 259 g/mol. The second-order valence-electron chi connectivity index (χ2n) is 4.11. The number of carbonyl (C=O) groups is 1. The maximum Gasteiger partial charge on any atom is 0.251 e. The molecule has 19 heavy (non-hydrogen) atoms. The SMILES string of the molecule is O=C(NCCCOCc1ccco1)c1ccccc1. The largest absolute Gasteiger partial charge is 0.467 e. The van der Waals surface area contributed by atoms with Crippen molar-refractivity contribution >= 4 is 5.91 Å². The van der Waals surface area contributed by atoms with Crippen LogP contribution in [0.3, 0.4) is 0 Å². The van der Waals surface area contributed by atoms with Gasteiger partial charge in [-0.1, -0.05) is 18.2 Å². The van der Waals surface area contributed by atoms with Gasteiger partial charge >= 0.3 is 0 Å². The number of carbonyl (C=O) groups excluding carboxylic acids is 1. The number of amides is 1. The molecule has 100 valence electrons. The first-order valence-electron chi connectivity index (χ1n) is 6.29. The zero-order chi connectivity index (χ0) is 13.3. The van der Waals surface area contributed by atoms with Gasteiger partial charge in [-0.25, -0.2) is 0 Å². The normalized spacial score (nSPS) is 10.3. The van der Waals surface area contributed by atoms with Gasteiger partial charge < -0.3 is 14.5 Å². The van der Waals surface area contributed by atoms with Crippen LogP contribution in [0.15, 0.2) is 53.1 Å². The minimum Gasteiger partial charge on any atom is -0.467 e. The number of nitrogens with one attached hydrogen (secondary N) is 1. The minimum absolute atomic E-state index is 0.0494. The summed E-state index contributed by atoms with van der Waals surface area (Å²) in [6.45, 7) is 1.67. The zero-order valence-electron chi connectivity index (χ0n) is 10.7. The van der Waals surface area contributed by atoms with E-state index in [1.807, 2.05) is 30.3 Å². The molecule has 0 aliphatic rings. The number of furan rings is 1. The quantitative estimate of drug-likeness (QED) is 0.778. The minimum atomic E-state index is -0.0494. The van der Waals surface area contributed by atoms with Gasteiger partial charge in [-0.2, -0.15) is 0 Å². The third kappa shape index (κ3) is 4.60. The highest BCUT2D eigenvalue weighted by atomic mass is 16.5. The van der Waals surface area contributed by atoms with Crippen molar-refractivity contribution in [2.75, 3.05) is 13.2 Å². The van der Waals surface area contributed by atoms with E-state index in [9.17, 15) is 4.79 Å². The third-order valence-electron chi connectivity index (χ3n) is 2.61. The molecule has 0 saturated carbocycles. The Morgan fingerprint density at radius 1 is 1.16 bits per heavy atom. The molecule has 0 spiro atoms. The average Bonchev–Trinajstić information content (AvgIpc) is 2.96. The van der Waals surface area contributed by atoms with Gasteiger partial charge in [-0.3, -0.25) is 4.79 Å². The fourth-order valence-electron chi connectivity index (χ4n) is 1.64. The Balaban J connectivity index is 1.56. The van der Waals surface area contributed by atoms with Crippen LogP contribution in [0.4, 0.5) is 0 Å². The fraction of sp³-hybridized carbons (Fsp3) is 0.267. The molecule has 0 atom stereocenters. The topological polar surface area (TPSA) is 51.5 Å². The molecule has 2 aromatic rings. The number of rotatable bonds is 7. The maximum atomic E-state index is 11.7. The monoisotopic (exact) mass is 259 g/mol. The molecule has 0 bridgehead atoms. The van der Waals surface area contributed by atoms with Gasteiger partial charge in [0.05, 0.1) is 6.26 Å². The number of hydrogen-bond donors (Lipinski definition) is 1. The van der Waals surface area contributed by atoms with E-state index in [0.29, 0.717) is 25.3 Å². The summed E-state index contributed by atoms with van der Waals surface area (Å²) in [6, 6.07) is 12.9. The van der Waals surface area contributed by atoms with Crippen molar-refractivity contribution in [3.05, 3.63) is 60.1 Å². The van der Waals surface area contributed by atoms with Crippen molar-refractivity contribution in [2.45, 2.75) is 13.0 Å². The first-order valence-corrected chi connectivity index (χ1v) is 6.29. The first kappa shape index (κ1) is 13.4. The van der Waals surface area contributed by atoms with Gasteiger partial charge in [-0.15, -0.1) is 0 Å². The number of benzene rings is 1. The Bertz CT molecular complexity index is 479. The maximum absolute atomic E-state index is 11.7. The van der Waals surface area contributed by atoms with Gasteiger partial charge in [0.15, 0.2) is 0 Å². The molecule has 1 aromatic carbocycles.